The molecule has 2 heterocycles. The molecule has 0 aromatic heterocycles. The molecule has 1 N–H and O–H groups in total. The van der Waals surface area contributed by atoms with Gasteiger partial charge in [0.05, 0.1) is 5.41 Å². The van der Waals surface area contributed by atoms with Crippen LogP contribution in [0.1, 0.15) is 26.7 Å². The van der Waals surface area contributed by atoms with E-state index in [1.165, 1.54) is 5.75 Å². The highest BCUT2D eigenvalue weighted by molar-refractivity contribution is 7.99. The Morgan fingerprint density at radius 1 is 1.53 bits per heavy atom. The van der Waals surface area contributed by atoms with Gasteiger partial charge in [-0.05, 0) is 31.1 Å². The Bertz CT molecular complexity index is 281. The Hall–Kier alpha value is -0.220. The standard InChI is InChI=1S/C13H24N2OS/c1-10(2)13(5-6-14-9-13)12(16)15(3)11-4-7-17-8-11/h10-11,14H,4-9H2,1-3H3. The summed E-state index contributed by atoms with van der Waals surface area (Å²) in [6.45, 7) is 6.20. The largest absolute Gasteiger partial charge is 0.341 e. The summed E-state index contributed by atoms with van der Waals surface area (Å²) in [5, 5.41) is 3.37. The van der Waals surface area contributed by atoms with Crippen molar-refractivity contribution in [3.8, 4) is 0 Å². The molecule has 1 amide bonds. The third-order valence-electron chi connectivity index (χ3n) is 4.49. The van der Waals surface area contributed by atoms with Crippen molar-refractivity contribution in [3.05, 3.63) is 0 Å². The monoisotopic (exact) mass is 256 g/mol. The van der Waals surface area contributed by atoms with Crippen LogP contribution in [0.5, 0.6) is 0 Å². The van der Waals surface area contributed by atoms with Crippen LogP contribution in [0.25, 0.3) is 0 Å². The normalized spacial score (nSPS) is 33.3. The topological polar surface area (TPSA) is 32.3 Å². The highest BCUT2D eigenvalue weighted by Gasteiger charge is 2.46. The van der Waals surface area contributed by atoms with Gasteiger partial charge in [0, 0.05) is 25.4 Å². The first kappa shape index (κ1) is 13.2. The van der Waals surface area contributed by atoms with Gasteiger partial charge in [0.25, 0.3) is 0 Å². The molecule has 4 heteroatoms. The lowest BCUT2D eigenvalue weighted by Crippen LogP contribution is -2.50. The predicted molar refractivity (Wildman–Crippen MR) is 73.3 cm³/mol. The van der Waals surface area contributed by atoms with E-state index in [4.69, 9.17) is 0 Å². The van der Waals surface area contributed by atoms with E-state index in [0.29, 0.717) is 17.9 Å². The first-order valence-corrected chi connectivity index (χ1v) is 7.79. The Morgan fingerprint density at radius 2 is 2.29 bits per heavy atom. The van der Waals surface area contributed by atoms with E-state index < -0.39 is 0 Å². The second kappa shape index (κ2) is 5.19. The van der Waals surface area contributed by atoms with Gasteiger partial charge >= 0.3 is 0 Å². The molecule has 2 saturated heterocycles. The molecule has 2 aliphatic rings. The quantitative estimate of drug-likeness (QED) is 0.832. The van der Waals surface area contributed by atoms with E-state index in [9.17, 15) is 4.79 Å². The van der Waals surface area contributed by atoms with E-state index >= 15 is 0 Å². The molecule has 3 nitrogen and oxygen atoms in total. The van der Waals surface area contributed by atoms with E-state index in [1.807, 2.05) is 23.7 Å². The third-order valence-corrected chi connectivity index (χ3v) is 5.64. The van der Waals surface area contributed by atoms with Gasteiger partial charge < -0.3 is 10.2 Å². The van der Waals surface area contributed by atoms with Crippen LogP contribution in [0, 0.1) is 11.3 Å². The summed E-state index contributed by atoms with van der Waals surface area (Å²) in [6, 6.07) is 0.462. The smallest absolute Gasteiger partial charge is 0.230 e. The van der Waals surface area contributed by atoms with Crippen molar-refractivity contribution in [1.29, 1.82) is 0 Å². The average Bonchev–Trinajstić information content (AvgIpc) is 2.98. The Kier molecular flexibility index (Phi) is 4.03. The van der Waals surface area contributed by atoms with Crippen molar-refractivity contribution in [2.75, 3.05) is 31.6 Å². The van der Waals surface area contributed by atoms with Gasteiger partial charge in [0.1, 0.15) is 0 Å². The van der Waals surface area contributed by atoms with E-state index in [0.717, 1.165) is 31.7 Å². The molecule has 0 aliphatic carbocycles. The number of hydrogen-bond donors (Lipinski definition) is 1. The van der Waals surface area contributed by atoms with Crippen molar-refractivity contribution >= 4 is 17.7 Å². The van der Waals surface area contributed by atoms with Crippen LogP contribution in [0.4, 0.5) is 0 Å². The Morgan fingerprint density at radius 3 is 2.76 bits per heavy atom. The van der Waals surface area contributed by atoms with Crippen LogP contribution in [0.3, 0.4) is 0 Å². The lowest BCUT2D eigenvalue weighted by atomic mass is 9.75. The third kappa shape index (κ3) is 2.34. The van der Waals surface area contributed by atoms with Gasteiger partial charge in [-0.2, -0.15) is 11.8 Å². The minimum Gasteiger partial charge on any atom is -0.341 e. The maximum absolute atomic E-state index is 12.8. The number of nitrogens with zero attached hydrogens (tertiary/aromatic N) is 1. The van der Waals surface area contributed by atoms with Crippen LogP contribution in [0.2, 0.25) is 0 Å². The highest BCUT2D eigenvalue weighted by Crippen LogP contribution is 2.37. The fourth-order valence-electron chi connectivity index (χ4n) is 2.98. The van der Waals surface area contributed by atoms with Crippen LogP contribution >= 0.6 is 11.8 Å². The molecule has 17 heavy (non-hydrogen) atoms. The fourth-order valence-corrected chi connectivity index (χ4v) is 4.25. The summed E-state index contributed by atoms with van der Waals surface area (Å²) < 4.78 is 0. The minimum absolute atomic E-state index is 0.151. The van der Waals surface area contributed by atoms with Crippen LogP contribution in [0.15, 0.2) is 0 Å². The maximum atomic E-state index is 12.8. The zero-order chi connectivity index (χ0) is 12.5. The summed E-state index contributed by atoms with van der Waals surface area (Å²) in [5.74, 6) is 3.10. The number of amides is 1. The molecule has 2 fully saturated rings. The van der Waals surface area contributed by atoms with Crippen molar-refractivity contribution in [2.45, 2.75) is 32.7 Å². The maximum Gasteiger partial charge on any atom is 0.230 e. The number of thioether (sulfide) groups is 1. The van der Waals surface area contributed by atoms with Gasteiger partial charge in [-0.25, -0.2) is 0 Å². The van der Waals surface area contributed by atoms with Gasteiger partial charge in [-0.15, -0.1) is 0 Å². The van der Waals surface area contributed by atoms with Crippen LogP contribution in [-0.4, -0.2) is 48.5 Å². The fraction of sp³-hybridized carbons (Fsp3) is 0.923. The zero-order valence-electron chi connectivity index (χ0n) is 11.2. The molecule has 2 rings (SSSR count). The molecule has 0 saturated carbocycles. The Balaban J connectivity index is 2.10. The highest BCUT2D eigenvalue weighted by atomic mass is 32.2. The molecule has 0 radical (unpaired) electrons. The van der Waals surface area contributed by atoms with Crippen LogP contribution in [-0.2, 0) is 4.79 Å². The molecule has 2 aliphatic heterocycles. The lowest BCUT2D eigenvalue weighted by Gasteiger charge is -2.37. The van der Waals surface area contributed by atoms with Crippen molar-refractivity contribution in [2.24, 2.45) is 11.3 Å². The van der Waals surface area contributed by atoms with E-state index in [-0.39, 0.29) is 5.41 Å². The SMILES string of the molecule is CC(C)C1(C(=O)N(C)C2CCSC2)CCNC1. The molecule has 98 valence electrons. The van der Waals surface area contributed by atoms with Gasteiger partial charge in [-0.1, -0.05) is 13.8 Å². The zero-order valence-corrected chi connectivity index (χ0v) is 12.0. The van der Waals surface area contributed by atoms with Gasteiger partial charge in [0.2, 0.25) is 5.91 Å². The molecule has 2 unspecified atom stereocenters. The van der Waals surface area contributed by atoms with Gasteiger partial charge in [0.15, 0.2) is 0 Å². The molecular formula is C13H24N2OS. The summed E-state index contributed by atoms with van der Waals surface area (Å²) in [6.07, 6.45) is 2.15. The Labute approximate surface area is 109 Å². The molecule has 0 aromatic rings. The summed E-state index contributed by atoms with van der Waals surface area (Å²) >= 11 is 1.97. The molecule has 2 atom stereocenters. The number of hydrogen-bond acceptors (Lipinski definition) is 3. The van der Waals surface area contributed by atoms with Crippen molar-refractivity contribution in [3.63, 3.8) is 0 Å². The first-order chi connectivity index (χ1) is 8.08. The summed E-state index contributed by atoms with van der Waals surface area (Å²) in [7, 11) is 2.00. The number of carbonyl (C=O) groups excluding carboxylic acids is 1. The first-order valence-electron chi connectivity index (χ1n) is 6.63. The number of nitrogens with one attached hydrogen (secondary N) is 1. The second-order valence-electron chi connectivity index (χ2n) is 5.67. The molecular weight excluding hydrogens is 232 g/mol. The van der Waals surface area contributed by atoms with Crippen molar-refractivity contribution in [1.82, 2.24) is 10.2 Å². The minimum atomic E-state index is -0.151. The average molecular weight is 256 g/mol. The summed E-state index contributed by atoms with van der Waals surface area (Å²) in [5.41, 5.74) is -0.151. The molecule has 0 aromatic carbocycles. The van der Waals surface area contributed by atoms with Crippen LogP contribution < -0.4 is 5.32 Å². The van der Waals surface area contributed by atoms with E-state index in [2.05, 4.69) is 19.2 Å². The number of carbonyl (C=O) groups is 1. The second-order valence-corrected chi connectivity index (χ2v) is 6.82. The van der Waals surface area contributed by atoms with E-state index in [1.54, 1.807) is 0 Å². The van der Waals surface area contributed by atoms with Gasteiger partial charge in [-0.3, -0.25) is 4.79 Å². The predicted octanol–water partition coefficient (Wildman–Crippen LogP) is 1.59. The summed E-state index contributed by atoms with van der Waals surface area (Å²) in [4.78, 5) is 14.8. The lowest BCUT2D eigenvalue weighted by molar-refractivity contribution is -0.144. The molecule has 0 spiro atoms. The molecule has 0 bridgehead atoms. The number of rotatable bonds is 3. The van der Waals surface area contributed by atoms with Crippen molar-refractivity contribution < 1.29 is 4.79 Å².